The fraction of sp³-hybridized carbons (Fsp3) is 0.259. The second-order valence-electron chi connectivity index (χ2n) is 9.99. The van der Waals surface area contributed by atoms with E-state index in [9.17, 15) is 9.90 Å². The normalized spacial score (nSPS) is 14.8. The van der Waals surface area contributed by atoms with Gasteiger partial charge in [-0.2, -0.15) is 0 Å². The van der Waals surface area contributed by atoms with E-state index in [0.29, 0.717) is 29.4 Å². The molecule has 0 spiro atoms. The quantitative estimate of drug-likeness (QED) is 0.403. The lowest BCUT2D eigenvalue weighted by atomic mass is 9.79. The third-order valence-corrected chi connectivity index (χ3v) is 6.25. The second-order valence-corrected chi connectivity index (χ2v) is 9.99. The highest BCUT2D eigenvalue weighted by molar-refractivity contribution is 5.98. The molecule has 0 radical (unpaired) electrons. The fourth-order valence-electron chi connectivity index (χ4n) is 4.15. The number of anilines is 2. The minimum atomic E-state index is -0.993. The van der Waals surface area contributed by atoms with Crippen LogP contribution in [0.2, 0.25) is 0 Å². The van der Waals surface area contributed by atoms with Gasteiger partial charge < -0.3 is 20.3 Å². The molecule has 0 aliphatic carbocycles. The van der Waals surface area contributed by atoms with Crippen molar-refractivity contribution >= 4 is 17.4 Å². The van der Waals surface area contributed by atoms with Gasteiger partial charge in [-0.25, -0.2) is 15.0 Å². The van der Waals surface area contributed by atoms with E-state index in [4.69, 9.17) is 0 Å². The Morgan fingerprint density at radius 1 is 1.09 bits per heavy atom. The summed E-state index contributed by atoms with van der Waals surface area (Å²) in [4.78, 5) is 25.7. The van der Waals surface area contributed by atoms with Crippen LogP contribution in [0.4, 0.5) is 11.5 Å². The van der Waals surface area contributed by atoms with Crippen molar-refractivity contribution in [3.05, 3.63) is 84.1 Å². The second kappa shape index (κ2) is 8.32. The summed E-state index contributed by atoms with van der Waals surface area (Å²) in [5.74, 6) is 1.23. The van der Waals surface area contributed by atoms with E-state index in [2.05, 4.69) is 39.4 Å². The highest BCUT2D eigenvalue weighted by atomic mass is 16.3. The molecular weight excluding hydrogens is 440 g/mol. The number of nitrogens with one attached hydrogen (secondary N) is 2. The molecule has 4 aromatic rings. The molecule has 2 aromatic carbocycles. The van der Waals surface area contributed by atoms with Crippen LogP contribution in [0.25, 0.3) is 17.1 Å². The van der Waals surface area contributed by atoms with Crippen LogP contribution in [0.15, 0.2) is 67.3 Å². The van der Waals surface area contributed by atoms with Crippen LogP contribution in [0.1, 0.15) is 49.3 Å². The van der Waals surface area contributed by atoms with Crippen LogP contribution in [-0.4, -0.2) is 37.1 Å². The average Bonchev–Trinajstić information content (AvgIpc) is 3.33. The standard InChI is InChI=1S/C27H28N6O2/c1-26(2)15-29-25(34)20-10-7-18(13-21(20)26)31-23-11-12-28-24(32-23)17-5-8-19(9-6-17)33-14-22(30-16-33)27(3,4)35/h5-14,16,35H,15H2,1-4H3,(H,29,34)(H,28,31,32). The van der Waals surface area contributed by atoms with Crippen molar-refractivity contribution < 1.29 is 9.90 Å². The molecule has 0 saturated carbocycles. The van der Waals surface area contributed by atoms with Crippen molar-refractivity contribution in [3.63, 3.8) is 0 Å². The van der Waals surface area contributed by atoms with Crippen LogP contribution < -0.4 is 10.6 Å². The summed E-state index contributed by atoms with van der Waals surface area (Å²) >= 11 is 0. The molecule has 0 saturated heterocycles. The van der Waals surface area contributed by atoms with E-state index in [1.807, 2.05) is 59.3 Å². The molecule has 8 heteroatoms. The Balaban J connectivity index is 1.37. The first kappa shape index (κ1) is 22.7. The molecule has 3 N–H and O–H groups in total. The first-order valence-electron chi connectivity index (χ1n) is 11.5. The van der Waals surface area contributed by atoms with Gasteiger partial charge in [-0.1, -0.05) is 13.8 Å². The minimum absolute atomic E-state index is 0.0365. The molecule has 0 bridgehead atoms. The zero-order valence-electron chi connectivity index (χ0n) is 20.2. The van der Waals surface area contributed by atoms with Crippen molar-refractivity contribution in [2.24, 2.45) is 0 Å². The summed E-state index contributed by atoms with van der Waals surface area (Å²) in [6.45, 7) is 8.27. The molecule has 1 amide bonds. The molecule has 3 heterocycles. The molecule has 1 aliphatic rings. The number of fused-ring (bicyclic) bond motifs is 1. The van der Waals surface area contributed by atoms with Gasteiger partial charge in [0.15, 0.2) is 5.82 Å². The first-order chi connectivity index (χ1) is 16.6. The van der Waals surface area contributed by atoms with Gasteiger partial charge in [-0.05, 0) is 67.9 Å². The SMILES string of the molecule is CC(C)(O)c1cn(-c2ccc(-c3nccc(Nc4ccc5c(c4)C(C)(C)CNC5=O)n3)cc2)cn1. The van der Waals surface area contributed by atoms with Gasteiger partial charge in [-0.3, -0.25) is 4.79 Å². The molecule has 1 aliphatic heterocycles. The highest BCUT2D eigenvalue weighted by Crippen LogP contribution is 2.32. The molecule has 5 rings (SSSR count). The summed E-state index contributed by atoms with van der Waals surface area (Å²) in [5.41, 5.74) is 3.86. The number of hydrogen-bond acceptors (Lipinski definition) is 6. The van der Waals surface area contributed by atoms with Gasteiger partial charge >= 0.3 is 0 Å². The number of aromatic nitrogens is 4. The van der Waals surface area contributed by atoms with Crippen LogP contribution >= 0.6 is 0 Å². The van der Waals surface area contributed by atoms with Gasteiger partial charge in [0, 0.05) is 46.9 Å². The average molecular weight is 469 g/mol. The van der Waals surface area contributed by atoms with Crippen molar-refractivity contribution in [1.29, 1.82) is 0 Å². The van der Waals surface area contributed by atoms with Crippen molar-refractivity contribution in [2.75, 3.05) is 11.9 Å². The van der Waals surface area contributed by atoms with E-state index in [1.165, 1.54) is 0 Å². The van der Waals surface area contributed by atoms with E-state index in [-0.39, 0.29) is 11.3 Å². The fourth-order valence-corrected chi connectivity index (χ4v) is 4.15. The Hall–Kier alpha value is -4.04. The van der Waals surface area contributed by atoms with Crippen LogP contribution in [0, 0.1) is 0 Å². The molecule has 8 nitrogen and oxygen atoms in total. The van der Waals surface area contributed by atoms with Crippen LogP contribution in [0.5, 0.6) is 0 Å². The minimum Gasteiger partial charge on any atom is -0.384 e. The van der Waals surface area contributed by atoms with Gasteiger partial charge in [0.2, 0.25) is 0 Å². The number of carbonyl (C=O) groups excluding carboxylic acids is 1. The van der Waals surface area contributed by atoms with E-state index in [1.54, 1.807) is 26.4 Å². The van der Waals surface area contributed by atoms with Crippen LogP contribution in [0.3, 0.4) is 0 Å². The Morgan fingerprint density at radius 2 is 1.86 bits per heavy atom. The lowest BCUT2D eigenvalue weighted by Crippen LogP contribution is -2.43. The topological polar surface area (TPSA) is 105 Å². The van der Waals surface area contributed by atoms with E-state index < -0.39 is 5.60 Å². The number of aliphatic hydroxyl groups is 1. The van der Waals surface area contributed by atoms with Gasteiger partial charge in [0.05, 0.1) is 12.0 Å². The number of imidazole rings is 1. The summed E-state index contributed by atoms with van der Waals surface area (Å²) in [6.07, 6.45) is 5.23. The zero-order valence-corrected chi connectivity index (χ0v) is 20.2. The van der Waals surface area contributed by atoms with Crippen molar-refractivity contribution in [1.82, 2.24) is 24.8 Å². The molecule has 0 fully saturated rings. The Bertz CT molecular complexity index is 1400. The molecule has 178 valence electrons. The third kappa shape index (κ3) is 4.52. The Kier molecular flexibility index (Phi) is 5.40. The summed E-state index contributed by atoms with van der Waals surface area (Å²) in [6, 6.07) is 15.4. The predicted octanol–water partition coefficient (Wildman–Crippen LogP) is 4.32. The monoisotopic (exact) mass is 468 g/mol. The number of amides is 1. The zero-order chi connectivity index (χ0) is 24.8. The highest BCUT2D eigenvalue weighted by Gasteiger charge is 2.31. The summed E-state index contributed by atoms with van der Waals surface area (Å²) < 4.78 is 1.87. The van der Waals surface area contributed by atoms with E-state index >= 15 is 0 Å². The Morgan fingerprint density at radius 3 is 2.57 bits per heavy atom. The molecule has 35 heavy (non-hydrogen) atoms. The van der Waals surface area contributed by atoms with Gasteiger partial charge in [0.1, 0.15) is 11.4 Å². The van der Waals surface area contributed by atoms with Crippen molar-refractivity contribution in [3.8, 4) is 17.1 Å². The third-order valence-electron chi connectivity index (χ3n) is 6.25. The van der Waals surface area contributed by atoms with Crippen molar-refractivity contribution in [2.45, 2.75) is 38.7 Å². The maximum atomic E-state index is 12.2. The molecule has 2 aromatic heterocycles. The largest absolute Gasteiger partial charge is 0.384 e. The number of carbonyl (C=O) groups is 1. The smallest absolute Gasteiger partial charge is 0.251 e. The molecular formula is C27H28N6O2. The number of nitrogens with zero attached hydrogens (tertiary/aromatic N) is 4. The number of rotatable bonds is 5. The Labute approximate surface area is 204 Å². The number of hydrogen-bond donors (Lipinski definition) is 3. The molecule has 0 atom stereocenters. The lowest BCUT2D eigenvalue weighted by Gasteiger charge is -2.32. The maximum absolute atomic E-state index is 12.2. The summed E-state index contributed by atoms with van der Waals surface area (Å²) in [7, 11) is 0. The van der Waals surface area contributed by atoms with Gasteiger partial charge in [-0.15, -0.1) is 0 Å². The number of benzene rings is 2. The van der Waals surface area contributed by atoms with Crippen LogP contribution in [-0.2, 0) is 11.0 Å². The summed E-state index contributed by atoms with van der Waals surface area (Å²) in [5, 5.41) is 16.5. The first-order valence-corrected chi connectivity index (χ1v) is 11.5. The predicted molar refractivity (Wildman–Crippen MR) is 135 cm³/mol. The van der Waals surface area contributed by atoms with Gasteiger partial charge in [0.25, 0.3) is 5.91 Å². The van der Waals surface area contributed by atoms with E-state index in [0.717, 1.165) is 22.5 Å². The lowest BCUT2D eigenvalue weighted by molar-refractivity contribution is 0.0742. The maximum Gasteiger partial charge on any atom is 0.251 e. The molecule has 0 unspecified atom stereocenters.